The Bertz CT molecular complexity index is 1120. The van der Waals surface area contributed by atoms with Crippen molar-refractivity contribution in [2.45, 2.75) is 24.2 Å². The van der Waals surface area contributed by atoms with E-state index in [9.17, 15) is 4.79 Å². The highest BCUT2D eigenvalue weighted by molar-refractivity contribution is 7.99. The van der Waals surface area contributed by atoms with Crippen LogP contribution in [0.5, 0.6) is 11.6 Å². The first-order valence-corrected chi connectivity index (χ1v) is 12.6. The van der Waals surface area contributed by atoms with Gasteiger partial charge in [0.2, 0.25) is 5.88 Å². The number of rotatable bonds is 9. The molecule has 0 radical (unpaired) electrons. The van der Waals surface area contributed by atoms with Gasteiger partial charge in [-0.15, -0.1) is 11.8 Å². The van der Waals surface area contributed by atoms with Gasteiger partial charge >= 0.3 is 0 Å². The molecule has 1 aromatic heterocycles. The molecule has 0 amide bonds. The molecule has 33 heavy (non-hydrogen) atoms. The molecule has 0 spiro atoms. The smallest absolute Gasteiger partial charge is 0.299 e. The van der Waals surface area contributed by atoms with Gasteiger partial charge < -0.3 is 14.4 Å². The van der Waals surface area contributed by atoms with Crippen LogP contribution in [0.4, 0.5) is 5.69 Å². The zero-order valence-electron chi connectivity index (χ0n) is 18.7. The quantitative estimate of drug-likeness (QED) is 0.344. The fourth-order valence-corrected chi connectivity index (χ4v) is 5.70. The lowest BCUT2D eigenvalue weighted by Crippen LogP contribution is -2.47. The Labute approximate surface area is 198 Å². The Kier molecular flexibility index (Phi) is 6.98. The highest BCUT2D eigenvalue weighted by Crippen LogP contribution is 2.37. The zero-order chi connectivity index (χ0) is 22.5. The first kappa shape index (κ1) is 22.0. The van der Waals surface area contributed by atoms with Crippen LogP contribution in [-0.2, 0) is 11.2 Å². The maximum Gasteiger partial charge on any atom is 0.299 e. The second kappa shape index (κ2) is 10.4. The van der Waals surface area contributed by atoms with E-state index in [0.717, 1.165) is 62.2 Å². The fraction of sp³-hybridized carbons (Fsp3) is 0.385. The van der Waals surface area contributed by atoms with Gasteiger partial charge in [0.15, 0.2) is 0 Å². The molecule has 5 rings (SSSR count). The van der Waals surface area contributed by atoms with E-state index in [0.29, 0.717) is 19.0 Å². The van der Waals surface area contributed by atoms with Gasteiger partial charge in [0.05, 0.1) is 12.1 Å². The molecule has 2 aliphatic heterocycles. The molecule has 0 N–H and O–H groups in total. The van der Waals surface area contributed by atoms with Crippen molar-refractivity contribution in [3.63, 3.8) is 0 Å². The number of hydrogen-bond donors (Lipinski definition) is 0. The van der Waals surface area contributed by atoms with Crippen LogP contribution in [0.2, 0.25) is 0 Å². The number of ether oxygens (including phenoxy) is 2. The second-order valence-electron chi connectivity index (χ2n) is 8.45. The van der Waals surface area contributed by atoms with Gasteiger partial charge in [-0.05, 0) is 61.7 Å². The molecule has 0 unspecified atom stereocenters. The Hall–Kier alpha value is -2.77. The zero-order valence-corrected chi connectivity index (χ0v) is 19.6. The SMILES string of the molecule is O=COc1ccc2ccc(OCCCCN3CCN(c4cccc5c4CCS5)CC3)cc2n1. The summed E-state index contributed by atoms with van der Waals surface area (Å²) >= 11 is 1.99. The highest BCUT2D eigenvalue weighted by Gasteiger charge is 2.22. The van der Waals surface area contributed by atoms with Gasteiger partial charge in [-0.3, -0.25) is 9.69 Å². The average molecular weight is 464 g/mol. The van der Waals surface area contributed by atoms with Crippen molar-refractivity contribution in [3.8, 4) is 11.6 Å². The number of unbranched alkanes of at least 4 members (excludes halogenated alkanes) is 1. The minimum absolute atomic E-state index is 0.297. The number of carbonyl (C=O) groups excluding carboxylic acids is 1. The molecule has 0 saturated carbocycles. The first-order chi connectivity index (χ1) is 16.3. The summed E-state index contributed by atoms with van der Waals surface area (Å²) in [5.74, 6) is 2.31. The molecule has 2 aromatic carbocycles. The van der Waals surface area contributed by atoms with Gasteiger partial charge in [0.1, 0.15) is 5.75 Å². The summed E-state index contributed by atoms with van der Waals surface area (Å²) in [5, 5.41) is 0.985. The Morgan fingerprint density at radius 1 is 1.03 bits per heavy atom. The lowest BCUT2D eigenvalue weighted by atomic mass is 10.1. The maximum atomic E-state index is 10.5. The minimum Gasteiger partial charge on any atom is -0.494 e. The summed E-state index contributed by atoms with van der Waals surface area (Å²) in [6.45, 7) is 6.66. The van der Waals surface area contributed by atoms with Crippen molar-refractivity contribution in [2.75, 3.05) is 50.0 Å². The second-order valence-corrected chi connectivity index (χ2v) is 9.59. The lowest BCUT2D eigenvalue weighted by Gasteiger charge is -2.37. The number of thioether (sulfide) groups is 1. The highest BCUT2D eigenvalue weighted by atomic mass is 32.2. The fourth-order valence-electron chi connectivity index (χ4n) is 4.62. The molecule has 6 nitrogen and oxygen atoms in total. The van der Waals surface area contributed by atoms with Crippen molar-refractivity contribution in [3.05, 3.63) is 54.1 Å². The number of hydrogen-bond acceptors (Lipinski definition) is 7. The van der Waals surface area contributed by atoms with Crippen LogP contribution < -0.4 is 14.4 Å². The predicted octanol–water partition coefficient (Wildman–Crippen LogP) is 4.40. The van der Waals surface area contributed by atoms with E-state index in [1.54, 1.807) is 11.6 Å². The molecule has 0 bridgehead atoms. The molecule has 2 aliphatic rings. The van der Waals surface area contributed by atoms with E-state index >= 15 is 0 Å². The Balaban J connectivity index is 1.04. The number of fused-ring (bicyclic) bond motifs is 2. The summed E-state index contributed by atoms with van der Waals surface area (Å²) in [6, 6.07) is 16.2. The van der Waals surface area contributed by atoms with E-state index in [4.69, 9.17) is 9.47 Å². The molecule has 3 heterocycles. The van der Waals surface area contributed by atoms with Crippen LogP contribution in [0.25, 0.3) is 10.9 Å². The molecule has 1 saturated heterocycles. The summed E-state index contributed by atoms with van der Waals surface area (Å²) in [4.78, 5) is 21.5. The largest absolute Gasteiger partial charge is 0.494 e. The average Bonchev–Trinajstić information content (AvgIpc) is 3.33. The summed E-state index contributed by atoms with van der Waals surface area (Å²) < 4.78 is 10.8. The van der Waals surface area contributed by atoms with Crippen LogP contribution in [-0.4, -0.2) is 61.4 Å². The van der Waals surface area contributed by atoms with Crippen LogP contribution in [0.3, 0.4) is 0 Å². The van der Waals surface area contributed by atoms with Crippen molar-refractivity contribution in [1.29, 1.82) is 0 Å². The molecule has 3 aromatic rings. The normalized spacial score (nSPS) is 16.1. The number of aromatic nitrogens is 1. The molecule has 0 aliphatic carbocycles. The van der Waals surface area contributed by atoms with Gasteiger partial charge in [-0.2, -0.15) is 0 Å². The number of carbonyl (C=O) groups is 1. The van der Waals surface area contributed by atoms with Crippen LogP contribution in [0, 0.1) is 0 Å². The maximum absolute atomic E-state index is 10.5. The number of benzene rings is 2. The van der Waals surface area contributed by atoms with Crippen LogP contribution >= 0.6 is 11.8 Å². The Morgan fingerprint density at radius 3 is 2.79 bits per heavy atom. The van der Waals surface area contributed by atoms with Crippen molar-refractivity contribution in [1.82, 2.24) is 9.88 Å². The van der Waals surface area contributed by atoms with E-state index in [2.05, 4.69) is 33.0 Å². The molecular formula is C26H29N3O3S. The topological polar surface area (TPSA) is 54.9 Å². The predicted molar refractivity (Wildman–Crippen MR) is 133 cm³/mol. The van der Waals surface area contributed by atoms with Gasteiger partial charge in [-0.1, -0.05) is 6.07 Å². The summed E-state index contributed by atoms with van der Waals surface area (Å²) in [5.41, 5.74) is 3.78. The van der Waals surface area contributed by atoms with E-state index in [-0.39, 0.29) is 0 Å². The first-order valence-electron chi connectivity index (χ1n) is 11.7. The van der Waals surface area contributed by atoms with E-state index in [1.807, 2.05) is 36.0 Å². The third-order valence-corrected chi connectivity index (χ3v) is 7.48. The van der Waals surface area contributed by atoms with Gasteiger partial charge in [0, 0.05) is 60.0 Å². The number of anilines is 1. The Morgan fingerprint density at radius 2 is 1.91 bits per heavy atom. The minimum atomic E-state index is 0.297. The summed E-state index contributed by atoms with van der Waals surface area (Å²) in [7, 11) is 0. The van der Waals surface area contributed by atoms with Crippen molar-refractivity contribution in [2.24, 2.45) is 0 Å². The monoisotopic (exact) mass is 463 g/mol. The van der Waals surface area contributed by atoms with Crippen molar-refractivity contribution < 1.29 is 14.3 Å². The molecule has 7 heteroatoms. The molecular weight excluding hydrogens is 434 g/mol. The molecule has 1 fully saturated rings. The standard InChI is InChI=1S/C26H29N3O3S/c30-19-32-26-9-7-20-6-8-21(18-23(20)27-26)31-16-2-1-11-28-12-14-29(15-13-28)24-4-3-5-25-22(24)10-17-33-25/h3-9,18-19H,1-2,10-17H2. The van der Waals surface area contributed by atoms with Crippen molar-refractivity contribution >= 4 is 34.8 Å². The lowest BCUT2D eigenvalue weighted by molar-refractivity contribution is -0.120. The summed E-state index contributed by atoms with van der Waals surface area (Å²) in [6.07, 6.45) is 3.35. The number of piperazine rings is 1. The van der Waals surface area contributed by atoms with E-state index < -0.39 is 0 Å². The third kappa shape index (κ3) is 5.25. The number of nitrogens with zero attached hydrogens (tertiary/aromatic N) is 3. The molecule has 0 atom stereocenters. The van der Waals surface area contributed by atoms with E-state index in [1.165, 1.54) is 22.8 Å². The third-order valence-electron chi connectivity index (χ3n) is 6.38. The number of pyridine rings is 1. The molecule has 172 valence electrons. The van der Waals surface area contributed by atoms with Gasteiger partial charge in [-0.25, -0.2) is 4.98 Å². The van der Waals surface area contributed by atoms with Gasteiger partial charge in [0.25, 0.3) is 6.47 Å². The van der Waals surface area contributed by atoms with Crippen LogP contribution in [0.1, 0.15) is 18.4 Å². The van der Waals surface area contributed by atoms with Crippen LogP contribution in [0.15, 0.2) is 53.4 Å².